The van der Waals surface area contributed by atoms with E-state index in [4.69, 9.17) is 5.73 Å². The molecule has 0 saturated heterocycles. The van der Waals surface area contributed by atoms with Crippen LogP contribution < -0.4 is 5.73 Å². The highest BCUT2D eigenvalue weighted by Gasteiger charge is 2.13. The minimum Gasteiger partial charge on any atom is -0.398 e. The molecule has 1 nitrogen and oxygen atoms in total. The highest BCUT2D eigenvalue weighted by atomic mass is 32.1. The molecule has 1 aliphatic rings. The van der Waals surface area contributed by atoms with Crippen molar-refractivity contribution < 1.29 is 0 Å². The topological polar surface area (TPSA) is 26.0 Å². The molecule has 1 aromatic heterocycles. The summed E-state index contributed by atoms with van der Waals surface area (Å²) >= 11 is 1.81. The quantitative estimate of drug-likeness (QED) is 0.649. The van der Waals surface area contributed by atoms with Crippen molar-refractivity contribution in [2.45, 2.75) is 12.8 Å². The Morgan fingerprint density at radius 1 is 1.29 bits per heavy atom. The second-order valence-corrected chi connectivity index (χ2v) is 4.66. The van der Waals surface area contributed by atoms with Gasteiger partial charge in [0.1, 0.15) is 0 Å². The lowest BCUT2D eigenvalue weighted by molar-refractivity contribution is 1.01. The summed E-state index contributed by atoms with van der Waals surface area (Å²) in [7, 11) is 0. The molecule has 0 radical (unpaired) electrons. The molecule has 0 atom stereocenters. The molecule has 0 aliphatic heterocycles. The Bertz CT molecular complexity index is 522. The molecular formula is C12H11NS. The number of aryl methyl sites for hydroxylation is 1. The molecule has 1 heterocycles. The number of nitrogens with two attached hydrogens (primary N) is 1. The number of benzene rings is 1. The first kappa shape index (κ1) is 8.06. The van der Waals surface area contributed by atoms with Crippen LogP contribution in [0.2, 0.25) is 0 Å². The van der Waals surface area contributed by atoms with Gasteiger partial charge in [-0.2, -0.15) is 0 Å². The SMILES string of the molecule is Nc1cccc2c3c(sc12)C=CCC3. The number of nitrogen functional groups attached to an aromatic ring is 1. The Morgan fingerprint density at radius 2 is 2.21 bits per heavy atom. The van der Waals surface area contributed by atoms with Crippen molar-refractivity contribution in [3.63, 3.8) is 0 Å². The molecule has 0 unspecified atom stereocenters. The third-order valence-electron chi connectivity index (χ3n) is 2.71. The maximum absolute atomic E-state index is 5.95. The molecule has 14 heavy (non-hydrogen) atoms. The molecular weight excluding hydrogens is 190 g/mol. The summed E-state index contributed by atoms with van der Waals surface area (Å²) in [6.45, 7) is 0. The van der Waals surface area contributed by atoms with Crippen LogP contribution in [0.3, 0.4) is 0 Å². The van der Waals surface area contributed by atoms with Crippen LogP contribution in [-0.2, 0) is 6.42 Å². The van der Waals surface area contributed by atoms with Gasteiger partial charge in [-0.3, -0.25) is 0 Å². The van der Waals surface area contributed by atoms with Crippen molar-refractivity contribution in [3.05, 3.63) is 34.7 Å². The zero-order chi connectivity index (χ0) is 9.54. The Labute approximate surface area is 86.9 Å². The summed E-state index contributed by atoms with van der Waals surface area (Å²) in [6.07, 6.45) is 6.79. The summed E-state index contributed by atoms with van der Waals surface area (Å²) in [5, 5.41) is 1.36. The third kappa shape index (κ3) is 1.01. The van der Waals surface area contributed by atoms with E-state index in [-0.39, 0.29) is 0 Å². The number of rotatable bonds is 0. The van der Waals surface area contributed by atoms with E-state index >= 15 is 0 Å². The molecule has 0 bridgehead atoms. The first-order valence-corrected chi connectivity index (χ1v) is 5.64. The van der Waals surface area contributed by atoms with Gasteiger partial charge in [0, 0.05) is 10.6 Å². The molecule has 2 N–H and O–H groups in total. The molecule has 1 aromatic carbocycles. The van der Waals surface area contributed by atoms with E-state index in [1.165, 1.54) is 20.5 Å². The van der Waals surface area contributed by atoms with Gasteiger partial charge in [0.25, 0.3) is 0 Å². The van der Waals surface area contributed by atoms with E-state index in [2.05, 4.69) is 18.2 Å². The van der Waals surface area contributed by atoms with Crippen molar-refractivity contribution in [1.82, 2.24) is 0 Å². The summed E-state index contributed by atoms with van der Waals surface area (Å²) in [4.78, 5) is 1.39. The Kier molecular flexibility index (Phi) is 1.64. The fraction of sp³-hybridized carbons (Fsp3) is 0.167. The van der Waals surface area contributed by atoms with Crippen molar-refractivity contribution in [3.8, 4) is 0 Å². The number of allylic oxidation sites excluding steroid dienone is 1. The van der Waals surface area contributed by atoms with Gasteiger partial charge in [0.15, 0.2) is 0 Å². The highest BCUT2D eigenvalue weighted by molar-refractivity contribution is 7.20. The van der Waals surface area contributed by atoms with Crippen LogP contribution in [0.15, 0.2) is 24.3 Å². The van der Waals surface area contributed by atoms with E-state index in [0.29, 0.717) is 0 Å². The molecule has 0 fully saturated rings. The van der Waals surface area contributed by atoms with E-state index in [1.807, 2.05) is 23.5 Å². The van der Waals surface area contributed by atoms with Crippen LogP contribution in [-0.4, -0.2) is 0 Å². The van der Waals surface area contributed by atoms with Crippen LogP contribution in [0.5, 0.6) is 0 Å². The van der Waals surface area contributed by atoms with Crippen LogP contribution >= 0.6 is 11.3 Å². The number of fused-ring (bicyclic) bond motifs is 3. The van der Waals surface area contributed by atoms with Gasteiger partial charge < -0.3 is 5.73 Å². The van der Waals surface area contributed by atoms with Gasteiger partial charge in [-0.05, 0) is 35.9 Å². The molecule has 2 aromatic rings. The zero-order valence-corrected chi connectivity index (χ0v) is 8.60. The van der Waals surface area contributed by atoms with Crippen molar-refractivity contribution >= 4 is 33.2 Å². The van der Waals surface area contributed by atoms with Crippen molar-refractivity contribution in [2.75, 3.05) is 5.73 Å². The van der Waals surface area contributed by atoms with Crippen LogP contribution in [0.25, 0.3) is 16.2 Å². The predicted octanol–water partition coefficient (Wildman–Crippen LogP) is 3.44. The zero-order valence-electron chi connectivity index (χ0n) is 7.79. The summed E-state index contributed by atoms with van der Waals surface area (Å²) in [5.41, 5.74) is 8.35. The van der Waals surface area contributed by atoms with Gasteiger partial charge in [-0.25, -0.2) is 0 Å². The summed E-state index contributed by atoms with van der Waals surface area (Å²) in [6, 6.07) is 6.21. The minimum atomic E-state index is 0.912. The molecule has 70 valence electrons. The maximum atomic E-state index is 5.95. The standard InChI is InChI=1S/C12H11NS/c13-10-6-3-5-9-8-4-1-2-7-11(8)14-12(9)10/h2-3,5-7H,1,4,13H2. The van der Waals surface area contributed by atoms with E-state index < -0.39 is 0 Å². The lowest BCUT2D eigenvalue weighted by atomic mass is 10.0. The Morgan fingerprint density at radius 3 is 3.14 bits per heavy atom. The minimum absolute atomic E-state index is 0.912. The number of thiophene rings is 1. The highest BCUT2D eigenvalue weighted by Crippen LogP contribution is 2.38. The maximum Gasteiger partial charge on any atom is 0.0581 e. The third-order valence-corrected chi connectivity index (χ3v) is 3.97. The molecule has 0 amide bonds. The average Bonchev–Trinajstić information content (AvgIpc) is 2.59. The lowest BCUT2D eigenvalue weighted by Gasteiger charge is -2.03. The normalized spacial score (nSPS) is 14.6. The van der Waals surface area contributed by atoms with E-state index in [0.717, 1.165) is 18.5 Å². The lowest BCUT2D eigenvalue weighted by Crippen LogP contribution is -1.89. The van der Waals surface area contributed by atoms with Gasteiger partial charge >= 0.3 is 0 Å². The smallest absolute Gasteiger partial charge is 0.0581 e. The molecule has 2 heteroatoms. The fourth-order valence-corrected chi connectivity index (χ4v) is 3.23. The van der Waals surface area contributed by atoms with Gasteiger partial charge in [0.2, 0.25) is 0 Å². The van der Waals surface area contributed by atoms with Gasteiger partial charge in [0.05, 0.1) is 4.70 Å². The average molecular weight is 201 g/mol. The number of hydrogen-bond donors (Lipinski definition) is 1. The van der Waals surface area contributed by atoms with Crippen LogP contribution in [0, 0.1) is 0 Å². The van der Waals surface area contributed by atoms with Crippen molar-refractivity contribution in [2.24, 2.45) is 0 Å². The largest absolute Gasteiger partial charge is 0.398 e. The van der Waals surface area contributed by atoms with E-state index in [9.17, 15) is 0 Å². The second-order valence-electron chi connectivity index (χ2n) is 3.61. The molecule has 1 aliphatic carbocycles. The predicted molar refractivity (Wildman–Crippen MR) is 63.6 cm³/mol. The first-order valence-electron chi connectivity index (χ1n) is 4.82. The Balaban J connectivity index is 2.43. The van der Waals surface area contributed by atoms with Crippen LogP contribution in [0.1, 0.15) is 16.9 Å². The van der Waals surface area contributed by atoms with E-state index in [1.54, 1.807) is 0 Å². The molecule has 0 spiro atoms. The summed E-state index contributed by atoms with van der Waals surface area (Å²) in [5.74, 6) is 0. The number of hydrogen-bond acceptors (Lipinski definition) is 2. The van der Waals surface area contributed by atoms with Gasteiger partial charge in [-0.15, -0.1) is 11.3 Å². The summed E-state index contributed by atoms with van der Waals surface area (Å²) < 4.78 is 1.25. The van der Waals surface area contributed by atoms with Crippen molar-refractivity contribution in [1.29, 1.82) is 0 Å². The molecule has 3 rings (SSSR count). The first-order chi connectivity index (χ1) is 6.86. The Hall–Kier alpha value is -1.28. The number of anilines is 1. The molecule has 0 saturated carbocycles. The van der Waals surface area contributed by atoms with Gasteiger partial charge in [-0.1, -0.05) is 18.2 Å². The monoisotopic (exact) mass is 201 g/mol. The fourth-order valence-electron chi connectivity index (χ4n) is 2.02. The van der Waals surface area contributed by atoms with Crippen LogP contribution in [0.4, 0.5) is 5.69 Å². The second kappa shape index (κ2) is 2.85.